The van der Waals surface area contributed by atoms with Crippen LogP contribution in [-0.2, 0) is 11.3 Å². The molecule has 2 aromatic carbocycles. The van der Waals surface area contributed by atoms with E-state index < -0.39 is 0 Å². The molecule has 2 aromatic rings. The summed E-state index contributed by atoms with van der Waals surface area (Å²) in [5.74, 6) is 2.28. The first-order chi connectivity index (χ1) is 12.1. The van der Waals surface area contributed by atoms with Crippen LogP contribution in [0.5, 0.6) is 17.2 Å². The smallest absolute Gasteiger partial charge is 0.223 e. The zero-order valence-corrected chi connectivity index (χ0v) is 14.6. The number of benzene rings is 2. The predicted octanol–water partition coefficient (Wildman–Crippen LogP) is 3.16. The van der Waals surface area contributed by atoms with Crippen molar-refractivity contribution in [3.8, 4) is 17.2 Å². The number of rotatable bonds is 6. The van der Waals surface area contributed by atoms with E-state index in [0.717, 1.165) is 28.4 Å². The van der Waals surface area contributed by atoms with Crippen molar-refractivity contribution in [2.24, 2.45) is 0 Å². The quantitative estimate of drug-likeness (QED) is 0.877. The summed E-state index contributed by atoms with van der Waals surface area (Å²) in [7, 11) is 0. The topological polar surface area (TPSA) is 56.8 Å². The van der Waals surface area contributed by atoms with Crippen LogP contribution in [0.15, 0.2) is 36.4 Å². The minimum atomic E-state index is -0.0415. The van der Waals surface area contributed by atoms with Crippen LogP contribution in [0.1, 0.15) is 23.1 Å². The van der Waals surface area contributed by atoms with Crippen LogP contribution < -0.4 is 19.5 Å². The van der Waals surface area contributed by atoms with Crippen molar-refractivity contribution in [3.05, 3.63) is 53.1 Å². The number of amides is 1. The van der Waals surface area contributed by atoms with E-state index in [1.54, 1.807) is 0 Å². The normalized spacial score (nSPS) is 12.6. The van der Waals surface area contributed by atoms with Gasteiger partial charge < -0.3 is 19.5 Å². The Bertz CT molecular complexity index is 757. The lowest BCUT2D eigenvalue weighted by Crippen LogP contribution is -2.24. The third kappa shape index (κ3) is 4.44. The highest BCUT2D eigenvalue weighted by molar-refractivity contribution is 5.76. The Labute approximate surface area is 147 Å². The summed E-state index contributed by atoms with van der Waals surface area (Å²) >= 11 is 0. The van der Waals surface area contributed by atoms with Gasteiger partial charge in [-0.25, -0.2) is 0 Å². The average Bonchev–Trinajstić information content (AvgIpc) is 2.63. The fraction of sp³-hybridized carbons (Fsp3) is 0.350. The molecule has 0 saturated heterocycles. The lowest BCUT2D eigenvalue weighted by atomic mass is 10.1. The van der Waals surface area contributed by atoms with Crippen molar-refractivity contribution in [3.63, 3.8) is 0 Å². The van der Waals surface area contributed by atoms with Crippen LogP contribution in [0.3, 0.4) is 0 Å². The third-order valence-corrected chi connectivity index (χ3v) is 4.24. The van der Waals surface area contributed by atoms with Gasteiger partial charge in [-0.2, -0.15) is 0 Å². The first-order valence-corrected chi connectivity index (χ1v) is 8.48. The fourth-order valence-corrected chi connectivity index (χ4v) is 2.62. The summed E-state index contributed by atoms with van der Waals surface area (Å²) in [4.78, 5) is 12.0. The predicted molar refractivity (Wildman–Crippen MR) is 95.3 cm³/mol. The monoisotopic (exact) mass is 341 g/mol. The third-order valence-electron chi connectivity index (χ3n) is 4.24. The van der Waals surface area contributed by atoms with Gasteiger partial charge in [-0.1, -0.05) is 18.2 Å². The lowest BCUT2D eigenvalue weighted by Gasteiger charge is -2.19. The molecule has 3 rings (SSSR count). The zero-order valence-electron chi connectivity index (χ0n) is 14.6. The lowest BCUT2D eigenvalue weighted by molar-refractivity contribution is -0.121. The second kappa shape index (κ2) is 7.92. The van der Waals surface area contributed by atoms with Crippen LogP contribution in [0, 0.1) is 13.8 Å². The average molecular weight is 341 g/mol. The van der Waals surface area contributed by atoms with Gasteiger partial charge in [0.2, 0.25) is 5.91 Å². The van der Waals surface area contributed by atoms with Crippen LogP contribution in [0.25, 0.3) is 0 Å². The van der Waals surface area contributed by atoms with Crippen LogP contribution in [0.4, 0.5) is 0 Å². The number of hydrogen-bond donors (Lipinski definition) is 1. The molecule has 0 aliphatic carbocycles. The van der Waals surface area contributed by atoms with Gasteiger partial charge in [-0.05, 0) is 48.7 Å². The Kier molecular flexibility index (Phi) is 5.43. The molecule has 0 atom stereocenters. The molecule has 0 unspecified atom stereocenters. The highest BCUT2D eigenvalue weighted by Crippen LogP contribution is 2.30. The van der Waals surface area contributed by atoms with Gasteiger partial charge in [-0.15, -0.1) is 0 Å². The van der Waals surface area contributed by atoms with Crippen molar-refractivity contribution in [2.45, 2.75) is 26.8 Å². The number of aryl methyl sites for hydroxylation is 1. The standard InChI is InChI=1S/C20H23NO4/c1-14-4-3-5-17(15(14)2)23-9-8-20(22)21-13-16-6-7-18-19(12-16)25-11-10-24-18/h3-7,12H,8-11,13H2,1-2H3,(H,21,22). The van der Waals surface area contributed by atoms with Crippen molar-refractivity contribution in [1.82, 2.24) is 5.32 Å². The second-order valence-electron chi connectivity index (χ2n) is 6.05. The summed E-state index contributed by atoms with van der Waals surface area (Å²) in [6.45, 7) is 6.01. The van der Waals surface area contributed by atoms with Crippen LogP contribution in [0.2, 0.25) is 0 Å². The van der Waals surface area contributed by atoms with E-state index in [1.807, 2.05) is 50.2 Å². The molecule has 0 spiro atoms. The van der Waals surface area contributed by atoms with Gasteiger partial charge in [-0.3, -0.25) is 4.79 Å². The summed E-state index contributed by atoms with van der Waals surface area (Å²) in [6.07, 6.45) is 0.317. The fourth-order valence-electron chi connectivity index (χ4n) is 2.62. The van der Waals surface area contributed by atoms with E-state index in [0.29, 0.717) is 32.8 Å². The summed E-state index contributed by atoms with van der Waals surface area (Å²) in [6, 6.07) is 11.6. The Balaban J connectivity index is 1.44. The van der Waals surface area contributed by atoms with Crippen LogP contribution >= 0.6 is 0 Å². The molecule has 1 N–H and O–H groups in total. The maximum absolute atomic E-state index is 12.0. The maximum Gasteiger partial charge on any atom is 0.223 e. The number of fused-ring (bicyclic) bond motifs is 1. The van der Waals surface area contributed by atoms with E-state index in [-0.39, 0.29) is 5.91 Å². The second-order valence-corrected chi connectivity index (χ2v) is 6.05. The molecule has 0 bridgehead atoms. The van der Waals surface area contributed by atoms with E-state index in [2.05, 4.69) is 5.32 Å². The minimum absolute atomic E-state index is 0.0415. The number of ether oxygens (including phenoxy) is 3. The van der Waals surface area contributed by atoms with Gasteiger partial charge in [0.1, 0.15) is 19.0 Å². The molecule has 0 aromatic heterocycles. The van der Waals surface area contributed by atoms with Gasteiger partial charge in [0.25, 0.3) is 0 Å². The molecule has 1 aliphatic heterocycles. The molecule has 1 amide bonds. The van der Waals surface area contributed by atoms with Gasteiger partial charge in [0.05, 0.1) is 13.0 Å². The van der Waals surface area contributed by atoms with E-state index in [9.17, 15) is 4.79 Å². The van der Waals surface area contributed by atoms with Crippen molar-refractivity contribution in [2.75, 3.05) is 19.8 Å². The molecule has 25 heavy (non-hydrogen) atoms. The van der Waals surface area contributed by atoms with Crippen molar-refractivity contribution in [1.29, 1.82) is 0 Å². The molecular weight excluding hydrogens is 318 g/mol. The molecular formula is C20H23NO4. The Morgan fingerprint density at radius 1 is 1.12 bits per heavy atom. The molecule has 5 nitrogen and oxygen atoms in total. The number of hydrogen-bond acceptors (Lipinski definition) is 4. The molecule has 1 heterocycles. The Morgan fingerprint density at radius 2 is 1.92 bits per heavy atom. The highest BCUT2D eigenvalue weighted by atomic mass is 16.6. The number of nitrogens with one attached hydrogen (secondary N) is 1. The van der Waals surface area contributed by atoms with E-state index >= 15 is 0 Å². The molecule has 0 saturated carbocycles. The summed E-state index contributed by atoms with van der Waals surface area (Å²) in [5.41, 5.74) is 3.27. The zero-order chi connectivity index (χ0) is 17.6. The Hall–Kier alpha value is -2.69. The first kappa shape index (κ1) is 17.1. The summed E-state index contributed by atoms with van der Waals surface area (Å²) in [5, 5.41) is 2.90. The maximum atomic E-state index is 12.0. The number of carbonyl (C=O) groups excluding carboxylic acids is 1. The van der Waals surface area contributed by atoms with Crippen molar-refractivity contribution >= 4 is 5.91 Å². The first-order valence-electron chi connectivity index (χ1n) is 8.48. The van der Waals surface area contributed by atoms with Crippen molar-refractivity contribution < 1.29 is 19.0 Å². The highest BCUT2D eigenvalue weighted by Gasteiger charge is 2.12. The van der Waals surface area contributed by atoms with E-state index in [4.69, 9.17) is 14.2 Å². The van der Waals surface area contributed by atoms with Gasteiger partial charge >= 0.3 is 0 Å². The number of carbonyl (C=O) groups is 1. The van der Waals surface area contributed by atoms with Gasteiger partial charge in [0.15, 0.2) is 11.5 Å². The molecule has 1 aliphatic rings. The largest absolute Gasteiger partial charge is 0.493 e. The molecule has 5 heteroatoms. The molecule has 0 radical (unpaired) electrons. The Morgan fingerprint density at radius 3 is 2.76 bits per heavy atom. The minimum Gasteiger partial charge on any atom is -0.493 e. The molecule has 132 valence electrons. The van der Waals surface area contributed by atoms with E-state index in [1.165, 1.54) is 5.56 Å². The SMILES string of the molecule is Cc1cccc(OCCC(=O)NCc2ccc3c(c2)OCCO3)c1C. The van der Waals surface area contributed by atoms with Crippen LogP contribution in [-0.4, -0.2) is 25.7 Å². The molecule has 0 fully saturated rings. The summed E-state index contributed by atoms with van der Waals surface area (Å²) < 4.78 is 16.8. The van der Waals surface area contributed by atoms with Gasteiger partial charge in [0, 0.05) is 6.54 Å².